The van der Waals surface area contributed by atoms with Crippen LogP contribution in [0.15, 0.2) is 42.5 Å². The Morgan fingerprint density at radius 1 is 1.13 bits per heavy atom. The maximum atomic E-state index is 14.5. The van der Waals surface area contributed by atoms with Crippen LogP contribution in [0, 0.1) is 5.82 Å². The molecule has 158 valence electrons. The summed E-state index contributed by atoms with van der Waals surface area (Å²) in [6, 6.07) is 11.8. The van der Waals surface area contributed by atoms with E-state index in [9.17, 15) is 9.18 Å². The van der Waals surface area contributed by atoms with Crippen LogP contribution in [0.1, 0.15) is 35.6 Å². The van der Waals surface area contributed by atoms with Gasteiger partial charge in [-0.1, -0.05) is 6.42 Å². The molecule has 1 amide bonds. The van der Waals surface area contributed by atoms with Gasteiger partial charge in [0.25, 0.3) is 5.91 Å². The average molecular weight is 419 g/mol. The fraction of sp³-hybridized carbons (Fsp3) is 0.261. The van der Waals surface area contributed by atoms with E-state index in [1.54, 1.807) is 25.3 Å². The third kappa shape index (κ3) is 3.65. The minimum absolute atomic E-state index is 0.102. The molecule has 4 aromatic rings. The van der Waals surface area contributed by atoms with E-state index in [4.69, 9.17) is 4.74 Å². The molecule has 0 fully saturated rings. The van der Waals surface area contributed by atoms with Crippen molar-refractivity contribution >= 4 is 22.5 Å². The topological polar surface area (TPSA) is 84.8 Å². The lowest BCUT2D eigenvalue weighted by atomic mass is 10.1. The van der Waals surface area contributed by atoms with Crippen molar-refractivity contribution < 1.29 is 13.9 Å². The van der Waals surface area contributed by atoms with Gasteiger partial charge >= 0.3 is 0 Å². The molecular weight excluding hydrogens is 397 g/mol. The number of nitrogens with one attached hydrogen (secondary N) is 2. The molecule has 0 atom stereocenters. The number of benzene rings is 2. The number of nitrogens with zero attached hydrogens (tertiary/aromatic N) is 3. The number of ether oxygens (including phenoxy) is 1. The molecule has 1 aliphatic heterocycles. The number of hydrogen-bond donors (Lipinski definition) is 2. The second-order valence-electron chi connectivity index (χ2n) is 7.69. The standard InChI is InChI=1S/C23H22FN5O2/c1-31-16-8-6-14-11-20(25-18(14)13-16)23(30)26-19-12-15(7-9-17(19)24)22-28-27-21-5-3-2-4-10-29(21)22/h6-9,11-13,25H,2-5,10H2,1H3,(H,26,30). The summed E-state index contributed by atoms with van der Waals surface area (Å²) in [5, 5.41) is 12.2. The van der Waals surface area contributed by atoms with Crippen molar-refractivity contribution in [3.63, 3.8) is 0 Å². The highest BCUT2D eigenvalue weighted by molar-refractivity contribution is 6.06. The third-order valence-corrected chi connectivity index (χ3v) is 5.66. The van der Waals surface area contributed by atoms with Crippen molar-refractivity contribution in [2.45, 2.75) is 32.2 Å². The minimum Gasteiger partial charge on any atom is -0.497 e. The largest absolute Gasteiger partial charge is 0.497 e. The fourth-order valence-electron chi connectivity index (χ4n) is 4.00. The van der Waals surface area contributed by atoms with Crippen molar-refractivity contribution in [1.29, 1.82) is 0 Å². The van der Waals surface area contributed by atoms with Gasteiger partial charge in [0.15, 0.2) is 5.82 Å². The molecule has 5 rings (SSSR count). The number of aryl methyl sites for hydroxylation is 1. The van der Waals surface area contributed by atoms with Crippen LogP contribution in [-0.2, 0) is 13.0 Å². The SMILES string of the molecule is COc1ccc2cc(C(=O)Nc3cc(-c4nnc5n4CCCCC5)ccc3F)[nH]c2c1. The van der Waals surface area contributed by atoms with E-state index in [0.29, 0.717) is 17.3 Å². The third-order valence-electron chi connectivity index (χ3n) is 5.66. The van der Waals surface area contributed by atoms with Gasteiger partial charge in [-0.2, -0.15) is 0 Å². The zero-order chi connectivity index (χ0) is 21.4. The first-order chi connectivity index (χ1) is 15.1. The molecule has 0 saturated heterocycles. The number of rotatable bonds is 4. The number of amides is 1. The number of hydrogen-bond acceptors (Lipinski definition) is 4. The lowest BCUT2D eigenvalue weighted by Gasteiger charge is -2.10. The molecule has 2 aromatic carbocycles. The first-order valence-electron chi connectivity index (χ1n) is 10.3. The zero-order valence-corrected chi connectivity index (χ0v) is 17.1. The monoisotopic (exact) mass is 419 g/mol. The molecule has 0 spiro atoms. The predicted molar refractivity (Wildman–Crippen MR) is 116 cm³/mol. The van der Waals surface area contributed by atoms with Gasteiger partial charge in [0, 0.05) is 35.5 Å². The number of aromatic nitrogens is 4. The van der Waals surface area contributed by atoms with Crippen molar-refractivity contribution in [2.75, 3.05) is 12.4 Å². The highest BCUT2D eigenvalue weighted by Gasteiger charge is 2.18. The van der Waals surface area contributed by atoms with Crippen LogP contribution in [0.25, 0.3) is 22.3 Å². The van der Waals surface area contributed by atoms with Crippen molar-refractivity contribution in [3.05, 3.63) is 59.8 Å². The molecule has 0 unspecified atom stereocenters. The van der Waals surface area contributed by atoms with E-state index < -0.39 is 11.7 Å². The van der Waals surface area contributed by atoms with Crippen LogP contribution in [-0.4, -0.2) is 32.8 Å². The Balaban J connectivity index is 1.44. The summed E-state index contributed by atoms with van der Waals surface area (Å²) in [4.78, 5) is 15.9. The maximum absolute atomic E-state index is 14.5. The van der Waals surface area contributed by atoms with Gasteiger partial charge < -0.3 is 19.6 Å². The fourth-order valence-corrected chi connectivity index (χ4v) is 4.00. The van der Waals surface area contributed by atoms with Crippen molar-refractivity contribution in [1.82, 2.24) is 19.7 Å². The molecule has 2 N–H and O–H groups in total. The van der Waals surface area contributed by atoms with E-state index in [-0.39, 0.29) is 5.69 Å². The van der Waals surface area contributed by atoms with E-state index in [1.165, 1.54) is 6.07 Å². The molecular formula is C23H22FN5O2. The summed E-state index contributed by atoms with van der Waals surface area (Å²) in [5.41, 5.74) is 1.93. The summed E-state index contributed by atoms with van der Waals surface area (Å²) in [6.45, 7) is 0.843. The maximum Gasteiger partial charge on any atom is 0.272 e. The van der Waals surface area contributed by atoms with Crippen LogP contribution in [0.4, 0.5) is 10.1 Å². The van der Waals surface area contributed by atoms with E-state index in [0.717, 1.165) is 54.5 Å². The van der Waals surface area contributed by atoms with Gasteiger partial charge in [-0.25, -0.2) is 4.39 Å². The smallest absolute Gasteiger partial charge is 0.272 e. The number of carbonyl (C=O) groups excluding carboxylic acids is 1. The van der Waals surface area contributed by atoms with Gasteiger partial charge in [-0.15, -0.1) is 10.2 Å². The molecule has 31 heavy (non-hydrogen) atoms. The lowest BCUT2D eigenvalue weighted by molar-refractivity contribution is 0.102. The zero-order valence-electron chi connectivity index (χ0n) is 17.1. The Morgan fingerprint density at radius 2 is 2.03 bits per heavy atom. The normalized spacial score (nSPS) is 13.6. The number of anilines is 1. The molecule has 2 aromatic heterocycles. The highest BCUT2D eigenvalue weighted by Crippen LogP contribution is 2.27. The Kier molecular flexibility index (Phi) is 4.89. The van der Waals surface area contributed by atoms with Gasteiger partial charge in [0.1, 0.15) is 23.1 Å². The van der Waals surface area contributed by atoms with Crippen LogP contribution in [0.5, 0.6) is 5.75 Å². The van der Waals surface area contributed by atoms with Crippen LogP contribution < -0.4 is 10.1 Å². The molecule has 8 heteroatoms. The molecule has 7 nitrogen and oxygen atoms in total. The number of carbonyl (C=O) groups is 1. The van der Waals surface area contributed by atoms with Crippen LogP contribution in [0.2, 0.25) is 0 Å². The predicted octanol–water partition coefficient (Wildman–Crippen LogP) is 4.55. The average Bonchev–Trinajstić information content (AvgIpc) is 3.32. The number of fused-ring (bicyclic) bond motifs is 2. The van der Waals surface area contributed by atoms with E-state index in [1.807, 2.05) is 18.2 Å². The summed E-state index contributed by atoms with van der Waals surface area (Å²) < 4.78 is 21.8. The Hall–Kier alpha value is -3.68. The Labute approximate surface area is 178 Å². The molecule has 0 saturated carbocycles. The van der Waals surface area contributed by atoms with Gasteiger partial charge in [0.2, 0.25) is 0 Å². The molecule has 3 heterocycles. The summed E-state index contributed by atoms with van der Waals surface area (Å²) in [7, 11) is 1.59. The van der Waals surface area contributed by atoms with E-state index >= 15 is 0 Å². The first-order valence-corrected chi connectivity index (χ1v) is 10.3. The highest BCUT2D eigenvalue weighted by atomic mass is 19.1. The van der Waals surface area contributed by atoms with Crippen LogP contribution >= 0.6 is 0 Å². The number of halogens is 1. The second-order valence-corrected chi connectivity index (χ2v) is 7.69. The second kappa shape index (κ2) is 7.86. The molecule has 0 radical (unpaired) electrons. The molecule has 0 bridgehead atoms. The quantitative estimate of drug-likeness (QED) is 0.508. The number of H-pyrrole nitrogens is 1. The van der Waals surface area contributed by atoms with Crippen LogP contribution in [0.3, 0.4) is 0 Å². The lowest BCUT2D eigenvalue weighted by Crippen LogP contribution is -2.13. The number of aromatic amines is 1. The summed E-state index contributed by atoms with van der Waals surface area (Å²) in [6.07, 6.45) is 4.21. The van der Waals surface area contributed by atoms with E-state index in [2.05, 4.69) is 25.1 Å². The Bertz CT molecular complexity index is 1280. The first kappa shape index (κ1) is 19.3. The van der Waals surface area contributed by atoms with Gasteiger partial charge in [-0.3, -0.25) is 4.79 Å². The summed E-state index contributed by atoms with van der Waals surface area (Å²) >= 11 is 0. The van der Waals surface area contributed by atoms with Gasteiger partial charge in [0.05, 0.1) is 12.8 Å². The Morgan fingerprint density at radius 3 is 2.90 bits per heavy atom. The minimum atomic E-state index is -0.509. The van der Waals surface area contributed by atoms with Gasteiger partial charge in [-0.05, 0) is 49.2 Å². The molecule has 0 aliphatic carbocycles. The summed E-state index contributed by atoms with van der Waals surface area (Å²) in [5.74, 6) is 1.41. The number of methoxy groups -OCH3 is 1. The van der Waals surface area contributed by atoms with Crippen molar-refractivity contribution in [3.8, 4) is 17.1 Å². The van der Waals surface area contributed by atoms with Crippen molar-refractivity contribution in [2.24, 2.45) is 0 Å². The molecule has 1 aliphatic rings.